The molecular formula is C15H7ClF3IS. The Labute approximate surface area is 141 Å². The molecule has 0 unspecified atom stereocenters. The van der Waals surface area contributed by atoms with E-state index in [0.29, 0.717) is 11.1 Å². The predicted octanol–water partition coefficient (Wildman–Crippen LogP) is 6.42. The van der Waals surface area contributed by atoms with Gasteiger partial charge in [0.15, 0.2) is 0 Å². The van der Waals surface area contributed by atoms with Crippen molar-refractivity contribution in [2.24, 2.45) is 0 Å². The Balaban J connectivity index is 2.54. The lowest BCUT2D eigenvalue weighted by molar-refractivity contribution is -0.137. The summed E-state index contributed by atoms with van der Waals surface area (Å²) in [6.45, 7) is 0. The highest BCUT2D eigenvalue weighted by atomic mass is 127. The first-order chi connectivity index (χ1) is 9.93. The van der Waals surface area contributed by atoms with E-state index < -0.39 is 11.7 Å². The Morgan fingerprint density at radius 3 is 2.38 bits per heavy atom. The Kier molecular flexibility index (Phi) is 5.47. The molecule has 6 heteroatoms. The van der Waals surface area contributed by atoms with Gasteiger partial charge in [-0.2, -0.15) is 13.2 Å². The fourth-order valence-corrected chi connectivity index (χ4v) is 2.62. The molecule has 2 aromatic carbocycles. The molecule has 0 spiro atoms. The molecule has 2 rings (SSSR count). The average molecular weight is 439 g/mol. The third-order valence-electron chi connectivity index (χ3n) is 2.73. The minimum atomic E-state index is -4.42. The fourth-order valence-electron chi connectivity index (χ4n) is 1.85. The smallest absolute Gasteiger partial charge is 0.166 e. The molecule has 0 radical (unpaired) electrons. The van der Waals surface area contributed by atoms with Crippen molar-refractivity contribution in [3.8, 4) is 22.3 Å². The first-order valence-electron chi connectivity index (χ1n) is 5.68. The lowest BCUT2D eigenvalue weighted by atomic mass is 9.98. The van der Waals surface area contributed by atoms with Crippen LogP contribution in [0.4, 0.5) is 13.2 Å². The molecule has 0 heterocycles. The summed E-state index contributed by atoms with van der Waals surface area (Å²) in [5.74, 6) is 2.86. The molecule has 21 heavy (non-hydrogen) atoms. The van der Waals surface area contributed by atoms with Crippen LogP contribution in [0.2, 0.25) is 5.02 Å². The summed E-state index contributed by atoms with van der Waals surface area (Å²) in [6.07, 6.45) is -4.42. The Morgan fingerprint density at radius 1 is 1.05 bits per heavy atom. The van der Waals surface area contributed by atoms with E-state index in [1.807, 2.05) is 21.2 Å². The van der Waals surface area contributed by atoms with Crippen LogP contribution in [-0.2, 0) is 6.18 Å². The molecule has 0 amide bonds. The average Bonchev–Trinajstić information content (AvgIpc) is 2.44. The normalized spacial score (nSPS) is 10.9. The summed E-state index contributed by atoms with van der Waals surface area (Å²) >= 11 is 8.16. The zero-order valence-corrected chi connectivity index (χ0v) is 14.1. The standard InChI is InChI=1S/C15H7ClF3IS/c16-14-9-10(7-8-21-20)5-6-12(14)11-3-1-2-4-13(11)15(17,18)19/h1-6,9H. The SMILES string of the molecule is FC(F)(F)c1ccccc1-c1ccc(C#CSI)cc1Cl. The van der Waals surface area contributed by atoms with Crippen LogP contribution in [0.15, 0.2) is 42.5 Å². The van der Waals surface area contributed by atoms with Crippen molar-refractivity contribution in [1.82, 2.24) is 0 Å². The highest BCUT2D eigenvalue weighted by Crippen LogP contribution is 2.39. The first-order valence-corrected chi connectivity index (χ1v) is 9.42. The molecule has 0 saturated heterocycles. The van der Waals surface area contributed by atoms with Gasteiger partial charge in [-0.3, -0.25) is 0 Å². The van der Waals surface area contributed by atoms with Crippen LogP contribution >= 0.6 is 41.7 Å². The van der Waals surface area contributed by atoms with Crippen LogP contribution in [0.1, 0.15) is 11.1 Å². The number of hydrogen-bond donors (Lipinski definition) is 0. The largest absolute Gasteiger partial charge is 0.417 e. The Hall–Kier alpha value is -0.840. The summed E-state index contributed by atoms with van der Waals surface area (Å²) in [4.78, 5) is 0. The maximum Gasteiger partial charge on any atom is 0.417 e. The predicted molar refractivity (Wildman–Crippen MR) is 90.4 cm³/mol. The van der Waals surface area contributed by atoms with Gasteiger partial charge in [-0.1, -0.05) is 41.8 Å². The molecule has 0 saturated carbocycles. The van der Waals surface area contributed by atoms with Gasteiger partial charge in [-0.25, -0.2) is 0 Å². The van der Waals surface area contributed by atoms with Crippen LogP contribution in [0.25, 0.3) is 11.1 Å². The third kappa shape index (κ3) is 4.09. The molecule has 0 atom stereocenters. The highest BCUT2D eigenvalue weighted by molar-refractivity contribution is 14.2. The van der Waals surface area contributed by atoms with Gasteiger partial charge in [-0.05, 0) is 37.9 Å². The van der Waals surface area contributed by atoms with Crippen molar-refractivity contribution in [1.29, 1.82) is 0 Å². The molecule has 0 fully saturated rings. The monoisotopic (exact) mass is 438 g/mol. The summed E-state index contributed by atoms with van der Waals surface area (Å²) in [6, 6.07) is 10.2. The minimum Gasteiger partial charge on any atom is -0.166 e. The second-order valence-corrected chi connectivity index (χ2v) is 6.13. The molecular weight excluding hydrogens is 432 g/mol. The van der Waals surface area contributed by atoms with Gasteiger partial charge in [-0.15, -0.1) is 0 Å². The summed E-state index contributed by atoms with van der Waals surface area (Å²) < 4.78 is 39.1. The van der Waals surface area contributed by atoms with Gasteiger partial charge in [0.2, 0.25) is 0 Å². The van der Waals surface area contributed by atoms with E-state index >= 15 is 0 Å². The zero-order chi connectivity index (χ0) is 15.5. The maximum absolute atomic E-state index is 13.0. The van der Waals surface area contributed by atoms with Crippen molar-refractivity contribution in [3.05, 3.63) is 58.6 Å². The van der Waals surface area contributed by atoms with E-state index in [9.17, 15) is 13.2 Å². The molecule has 0 aliphatic heterocycles. The second kappa shape index (κ2) is 6.95. The van der Waals surface area contributed by atoms with E-state index in [2.05, 4.69) is 11.2 Å². The van der Waals surface area contributed by atoms with Crippen molar-refractivity contribution >= 4 is 41.7 Å². The van der Waals surface area contributed by atoms with Crippen molar-refractivity contribution in [3.63, 3.8) is 0 Å². The van der Waals surface area contributed by atoms with E-state index in [4.69, 9.17) is 11.6 Å². The number of hydrogen-bond acceptors (Lipinski definition) is 1. The number of benzene rings is 2. The van der Waals surface area contributed by atoms with E-state index in [-0.39, 0.29) is 10.6 Å². The second-order valence-electron chi connectivity index (χ2n) is 4.04. The quantitative estimate of drug-likeness (QED) is 0.366. The molecule has 0 N–H and O–H groups in total. The number of halogens is 5. The summed E-state index contributed by atoms with van der Waals surface area (Å²) in [5, 5.41) is 3.05. The van der Waals surface area contributed by atoms with Crippen molar-refractivity contribution in [2.75, 3.05) is 0 Å². The van der Waals surface area contributed by atoms with Crippen LogP contribution < -0.4 is 0 Å². The molecule has 108 valence electrons. The first kappa shape index (κ1) is 16.5. The molecule has 0 aliphatic carbocycles. The van der Waals surface area contributed by atoms with Crippen molar-refractivity contribution in [2.45, 2.75) is 6.18 Å². The van der Waals surface area contributed by atoms with Crippen LogP contribution in [0.3, 0.4) is 0 Å². The topological polar surface area (TPSA) is 0 Å². The molecule has 2 aromatic rings. The molecule has 0 nitrogen and oxygen atoms in total. The number of rotatable bonds is 1. The lowest BCUT2D eigenvalue weighted by Crippen LogP contribution is -2.07. The van der Waals surface area contributed by atoms with Crippen molar-refractivity contribution < 1.29 is 13.2 Å². The lowest BCUT2D eigenvalue weighted by Gasteiger charge is -2.13. The van der Waals surface area contributed by atoms with Crippen LogP contribution in [0, 0.1) is 11.2 Å². The van der Waals surface area contributed by atoms with Crippen LogP contribution in [-0.4, -0.2) is 0 Å². The maximum atomic E-state index is 13.0. The van der Waals surface area contributed by atoms with Gasteiger partial charge in [0, 0.05) is 37.4 Å². The molecule has 0 aromatic heterocycles. The van der Waals surface area contributed by atoms with E-state index in [1.54, 1.807) is 24.3 Å². The van der Waals surface area contributed by atoms with E-state index in [0.717, 1.165) is 6.07 Å². The van der Waals surface area contributed by atoms with E-state index in [1.165, 1.54) is 21.1 Å². The fraction of sp³-hybridized carbons (Fsp3) is 0.0667. The number of alkyl halides is 3. The van der Waals surface area contributed by atoms with Gasteiger partial charge >= 0.3 is 6.18 Å². The molecule has 0 bridgehead atoms. The highest BCUT2D eigenvalue weighted by Gasteiger charge is 2.33. The van der Waals surface area contributed by atoms with Gasteiger partial charge in [0.25, 0.3) is 0 Å². The van der Waals surface area contributed by atoms with Crippen LogP contribution in [0.5, 0.6) is 0 Å². The Bertz CT molecular complexity index is 717. The minimum absolute atomic E-state index is 0.0674. The zero-order valence-electron chi connectivity index (χ0n) is 10.3. The summed E-state index contributed by atoms with van der Waals surface area (Å²) in [5.41, 5.74) is 0.376. The van der Waals surface area contributed by atoms with Gasteiger partial charge < -0.3 is 0 Å². The summed E-state index contributed by atoms with van der Waals surface area (Å²) in [7, 11) is 1.33. The van der Waals surface area contributed by atoms with Gasteiger partial charge in [0.05, 0.1) is 5.56 Å². The molecule has 0 aliphatic rings. The Morgan fingerprint density at radius 2 is 1.76 bits per heavy atom. The van der Waals surface area contributed by atoms with Gasteiger partial charge in [0.1, 0.15) is 0 Å². The third-order valence-corrected chi connectivity index (χ3v) is 3.88.